The molecule has 0 spiro atoms. The molecule has 0 aliphatic carbocycles. The molecule has 1 aromatic carbocycles. The van der Waals surface area contributed by atoms with Gasteiger partial charge in [-0.3, -0.25) is 4.68 Å². The highest BCUT2D eigenvalue weighted by Gasteiger charge is 2.15. The lowest BCUT2D eigenvalue weighted by Gasteiger charge is -2.17. The third kappa shape index (κ3) is 2.57. The van der Waals surface area contributed by atoms with Gasteiger partial charge in [0, 0.05) is 23.3 Å². The average Bonchev–Trinajstić information content (AvgIpc) is 2.81. The van der Waals surface area contributed by atoms with Crippen molar-refractivity contribution in [3.63, 3.8) is 0 Å². The predicted octanol–water partition coefficient (Wildman–Crippen LogP) is 3.17. The standard InChI is InChI=1S/C14H18ClN3/c1-4-18-9-11(8-17-18)14(16-3)13-6-5-12(15)7-10(13)2/h5-9,14,16H,4H2,1-3H3. The van der Waals surface area contributed by atoms with Crippen LogP contribution in [0.4, 0.5) is 0 Å². The summed E-state index contributed by atoms with van der Waals surface area (Å²) in [5.41, 5.74) is 3.59. The second-order valence-electron chi connectivity index (χ2n) is 4.35. The molecule has 0 saturated carbocycles. The van der Waals surface area contributed by atoms with Gasteiger partial charge in [0.25, 0.3) is 0 Å². The SMILES string of the molecule is CCn1cc(C(NC)c2ccc(Cl)cc2C)cn1. The predicted molar refractivity (Wildman–Crippen MR) is 75.0 cm³/mol. The fraction of sp³-hybridized carbons (Fsp3) is 0.357. The maximum Gasteiger partial charge on any atom is 0.0608 e. The minimum absolute atomic E-state index is 0.155. The van der Waals surface area contributed by atoms with Gasteiger partial charge in [-0.2, -0.15) is 5.10 Å². The van der Waals surface area contributed by atoms with E-state index >= 15 is 0 Å². The van der Waals surface area contributed by atoms with E-state index in [1.165, 1.54) is 16.7 Å². The summed E-state index contributed by atoms with van der Waals surface area (Å²) >= 11 is 6.00. The second-order valence-corrected chi connectivity index (χ2v) is 4.79. The summed E-state index contributed by atoms with van der Waals surface area (Å²) in [4.78, 5) is 0. The molecule has 0 amide bonds. The largest absolute Gasteiger partial charge is 0.309 e. The first kappa shape index (κ1) is 13.1. The topological polar surface area (TPSA) is 29.9 Å². The van der Waals surface area contributed by atoms with E-state index in [9.17, 15) is 0 Å². The first-order valence-corrected chi connectivity index (χ1v) is 6.49. The van der Waals surface area contributed by atoms with E-state index < -0.39 is 0 Å². The lowest BCUT2D eigenvalue weighted by molar-refractivity contribution is 0.653. The number of rotatable bonds is 4. The molecular weight excluding hydrogens is 246 g/mol. The van der Waals surface area contributed by atoms with Crippen LogP contribution in [0.3, 0.4) is 0 Å². The summed E-state index contributed by atoms with van der Waals surface area (Å²) in [6.45, 7) is 5.05. The van der Waals surface area contributed by atoms with Gasteiger partial charge < -0.3 is 5.32 Å². The van der Waals surface area contributed by atoms with Crippen LogP contribution in [0.15, 0.2) is 30.6 Å². The number of hydrogen-bond donors (Lipinski definition) is 1. The lowest BCUT2D eigenvalue weighted by atomic mass is 9.97. The van der Waals surface area contributed by atoms with Crippen LogP contribution in [0.25, 0.3) is 0 Å². The monoisotopic (exact) mass is 263 g/mol. The van der Waals surface area contributed by atoms with Crippen molar-refractivity contribution < 1.29 is 0 Å². The zero-order chi connectivity index (χ0) is 13.1. The van der Waals surface area contributed by atoms with Crippen LogP contribution in [-0.4, -0.2) is 16.8 Å². The highest BCUT2D eigenvalue weighted by atomic mass is 35.5. The van der Waals surface area contributed by atoms with Crippen LogP contribution in [-0.2, 0) is 6.54 Å². The van der Waals surface area contributed by atoms with Gasteiger partial charge in [-0.1, -0.05) is 17.7 Å². The molecule has 0 saturated heterocycles. The van der Waals surface area contributed by atoms with Gasteiger partial charge in [0.2, 0.25) is 0 Å². The number of aromatic nitrogens is 2. The van der Waals surface area contributed by atoms with Gasteiger partial charge in [-0.15, -0.1) is 0 Å². The fourth-order valence-electron chi connectivity index (χ4n) is 2.17. The molecule has 0 aliphatic rings. The maximum atomic E-state index is 6.00. The van der Waals surface area contributed by atoms with Gasteiger partial charge in [0.15, 0.2) is 0 Å². The van der Waals surface area contributed by atoms with Crippen molar-refractivity contribution in [3.8, 4) is 0 Å². The molecule has 1 N–H and O–H groups in total. The summed E-state index contributed by atoms with van der Waals surface area (Å²) in [7, 11) is 1.96. The first-order chi connectivity index (χ1) is 8.65. The van der Waals surface area contributed by atoms with Crippen LogP contribution in [0, 0.1) is 6.92 Å². The molecule has 0 radical (unpaired) electrons. The number of aryl methyl sites for hydroxylation is 2. The summed E-state index contributed by atoms with van der Waals surface area (Å²) in [5, 5.41) is 8.44. The third-order valence-electron chi connectivity index (χ3n) is 3.14. The fourth-order valence-corrected chi connectivity index (χ4v) is 2.39. The smallest absolute Gasteiger partial charge is 0.0608 e. The number of nitrogens with zero attached hydrogens (tertiary/aromatic N) is 2. The van der Waals surface area contributed by atoms with Crippen molar-refractivity contribution in [2.75, 3.05) is 7.05 Å². The second kappa shape index (κ2) is 5.55. The minimum Gasteiger partial charge on any atom is -0.309 e. The molecule has 18 heavy (non-hydrogen) atoms. The quantitative estimate of drug-likeness (QED) is 0.918. The van der Waals surface area contributed by atoms with Crippen LogP contribution >= 0.6 is 11.6 Å². The van der Waals surface area contributed by atoms with Crippen LogP contribution < -0.4 is 5.32 Å². The van der Waals surface area contributed by atoms with E-state index in [0.717, 1.165) is 11.6 Å². The molecule has 1 unspecified atom stereocenters. The maximum absolute atomic E-state index is 6.00. The van der Waals surface area contributed by atoms with Gasteiger partial charge >= 0.3 is 0 Å². The zero-order valence-electron chi connectivity index (χ0n) is 10.9. The molecule has 0 bridgehead atoms. The van der Waals surface area contributed by atoms with E-state index in [4.69, 9.17) is 11.6 Å². The van der Waals surface area contributed by atoms with Crippen molar-refractivity contribution in [2.45, 2.75) is 26.4 Å². The Balaban J connectivity index is 2.38. The summed E-state index contributed by atoms with van der Waals surface area (Å²) in [5.74, 6) is 0. The van der Waals surface area contributed by atoms with E-state index in [2.05, 4.69) is 36.5 Å². The molecule has 1 atom stereocenters. The molecule has 0 aliphatic heterocycles. The van der Waals surface area contributed by atoms with Crippen molar-refractivity contribution in [1.82, 2.24) is 15.1 Å². The molecule has 0 fully saturated rings. The molecule has 3 nitrogen and oxygen atoms in total. The van der Waals surface area contributed by atoms with Gasteiger partial charge in [0.05, 0.1) is 12.2 Å². The Morgan fingerprint density at radius 3 is 2.78 bits per heavy atom. The van der Waals surface area contributed by atoms with E-state index in [1.807, 2.05) is 30.1 Å². The Bertz CT molecular complexity index is 534. The Labute approximate surface area is 113 Å². The van der Waals surface area contributed by atoms with Crippen molar-refractivity contribution in [3.05, 3.63) is 52.3 Å². The molecule has 96 valence electrons. The molecule has 4 heteroatoms. The Kier molecular flexibility index (Phi) is 4.04. The van der Waals surface area contributed by atoms with E-state index in [0.29, 0.717) is 0 Å². The molecule has 1 heterocycles. The van der Waals surface area contributed by atoms with Crippen LogP contribution in [0.1, 0.15) is 29.7 Å². The highest BCUT2D eigenvalue weighted by Crippen LogP contribution is 2.26. The van der Waals surface area contributed by atoms with Crippen molar-refractivity contribution in [2.24, 2.45) is 0 Å². The third-order valence-corrected chi connectivity index (χ3v) is 3.38. The Morgan fingerprint density at radius 1 is 1.44 bits per heavy atom. The molecular formula is C14H18ClN3. The Hall–Kier alpha value is -1.32. The van der Waals surface area contributed by atoms with Crippen LogP contribution in [0.2, 0.25) is 5.02 Å². The molecule has 2 rings (SSSR count). The van der Waals surface area contributed by atoms with E-state index in [-0.39, 0.29) is 6.04 Å². The Morgan fingerprint density at radius 2 is 2.22 bits per heavy atom. The highest BCUT2D eigenvalue weighted by molar-refractivity contribution is 6.30. The summed E-state index contributed by atoms with van der Waals surface area (Å²) in [6, 6.07) is 6.15. The summed E-state index contributed by atoms with van der Waals surface area (Å²) < 4.78 is 1.94. The number of benzene rings is 1. The average molecular weight is 264 g/mol. The van der Waals surface area contributed by atoms with Gasteiger partial charge in [-0.25, -0.2) is 0 Å². The zero-order valence-corrected chi connectivity index (χ0v) is 11.7. The number of nitrogens with one attached hydrogen (secondary N) is 1. The number of halogens is 1. The first-order valence-electron chi connectivity index (χ1n) is 6.11. The van der Waals surface area contributed by atoms with Gasteiger partial charge in [-0.05, 0) is 44.2 Å². The van der Waals surface area contributed by atoms with E-state index in [1.54, 1.807) is 0 Å². The van der Waals surface area contributed by atoms with Crippen molar-refractivity contribution >= 4 is 11.6 Å². The lowest BCUT2D eigenvalue weighted by Crippen LogP contribution is -2.18. The number of hydrogen-bond acceptors (Lipinski definition) is 2. The summed E-state index contributed by atoms with van der Waals surface area (Å²) in [6.07, 6.45) is 3.99. The minimum atomic E-state index is 0.155. The van der Waals surface area contributed by atoms with Crippen molar-refractivity contribution in [1.29, 1.82) is 0 Å². The molecule has 2 aromatic rings. The van der Waals surface area contributed by atoms with Crippen LogP contribution in [0.5, 0.6) is 0 Å². The normalized spacial score (nSPS) is 12.7. The molecule has 1 aromatic heterocycles. The van der Waals surface area contributed by atoms with Gasteiger partial charge in [0.1, 0.15) is 0 Å².